The van der Waals surface area contributed by atoms with Crippen LogP contribution >= 0.6 is 34.5 Å². The second-order valence-electron chi connectivity index (χ2n) is 3.40. The number of hydrogen-bond donors (Lipinski definition) is 0. The van der Waals surface area contributed by atoms with Gasteiger partial charge in [0, 0.05) is 4.88 Å². The third kappa shape index (κ3) is 2.73. The molecule has 0 N–H and O–H groups in total. The normalized spacial score (nSPS) is 12.5. The maximum atomic E-state index is 13.3. The predicted molar refractivity (Wildman–Crippen MR) is 70.0 cm³/mol. The van der Waals surface area contributed by atoms with Crippen molar-refractivity contribution < 1.29 is 9.13 Å². The lowest BCUT2D eigenvalue weighted by molar-refractivity contribution is 0.386. The van der Waals surface area contributed by atoms with Crippen LogP contribution in [0.25, 0.3) is 0 Å². The van der Waals surface area contributed by atoms with E-state index in [1.807, 2.05) is 6.07 Å². The zero-order chi connectivity index (χ0) is 12.4. The highest BCUT2D eigenvalue weighted by molar-refractivity contribution is 7.16. The van der Waals surface area contributed by atoms with Gasteiger partial charge < -0.3 is 4.74 Å². The first-order chi connectivity index (χ1) is 8.11. The van der Waals surface area contributed by atoms with Crippen LogP contribution in [-0.2, 0) is 0 Å². The Kier molecular flexibility index (Phi) is 3.92. The largest absolute Gasteiger partial charge is 0.494 e. The number of benzene rings is 1. The number of thiophene rings is 1. The summed E-state index contributed by atoms with van der Waals surface area (Å²) in [5.41, 5.74) is 0.781. The van der Waals surface area contributed by atoms with Crippen molar-refractivity contribution in [2.45, 2.75) is 5.38 Å². The van der Waals surface area contributed by atoms with Crippen LogP contribution < -0.4 is 4.74 Å². The molecule has 17 heavy (non-hydrogen) atoms. The third-order valence-electron chi connectivity index (χ3n) is 2.31. The second-order valence-corrected chi connectivity index (χ2v) is 5.58. The zero-order valence-electron chi connectivity index (χ0n) is 8.91. The van der Waals surface area contributed by atoms with Gasteiger partial charge in [-0.05, 0) is 29.8 Å². The molecule has 0 aliphatic heterocycles. The van der Waals surface area contributed by atoms with Crippen molar-refractivity contribution in [3.8, 4) is 5.75 Å². The molecular weight excluding hydrogens is 282 g/mol. The van der Waals surface area contributed by atoms with Crippen LogP contribution in [0.3, 0.4) is 0 Å². The first-order valence-corrected chi connectivity index (χ1v) is 6.47. The molecule has 1 unspecified atom stereocenters. The number of halogens is 3. The van der Waals surface area contributed by atoms with Gasteiger partial charge in [-0.2, -0.15) is 0 Å². The quantitative estimate of drug-likeness (QED) is 0.732. The lowest BCUT2D eigenvalue weighted by Crippen LogP contribution is -1.94. The molecule has 0 amide bonds. The topological polar surface area (TPSA) is 9.23 Å². The van der Waals surface area contributed by atoms with Gasteiger partial charge in [-0.15, -0.1) is 22.9 Å². The summed E-state index contributed by atoms with van der Waals surface area (Å²) in [4.78, 5) is 0.922. The Balaban J connectivity index is 2.34. The predicted octanol–water partition coefficient (Wildman–Crippen LogP) is 4.88. The summed E-state index contributed by atoms with van der Waals surface area (Å²) in [6.07, 6.45) is 0. The van der Waals surface area contributed by atoms with Gasteiger partial charge >= 0.3 is 0 Å². The molecule has 2 aromatic rings. The molecule has 90 valence electrons. The highest BCUT2D eigenvalue weighted by atomic mass is 35.5. The summed E-state index contributed by atoms with van der Waals surface area (Å²) in [5, 5.41) is -0.345. The first kappa shape index (κ1) is 12.7. The van der Waals surface area contributed by atoms with Gasteiger partial charge in [0.05, 0.1) is 16.8 Å². The molecular formula is C12H9Cl2FOS. The fraction of sp³-hybridized carbons (Fsp3) is 0.167. The fourth-order valence-corrected chi connectivity index (χ4v) is 2.87. The average molecular weight is 291 g/mol. The van der Waals surface area contributed by atoms with E-state index in [1.54, 1.807) is 18.2 Å². The van der Waals surface area contributed by atoms with Gasteiger partial charge in [0.1, 0.15) is 0 Å². The number of methoxy groups -OCH3 is 1. The minimum absolute atomic E-state index is 0.191. The molecule has 0 saturated heterocycles. The van der Waals surface area contributed by atoms with Gasteiger partial charge in [0.25, 0.3) is 0 Å². The van der Waals surface area contributed by atoms with Crippen LogP contribution in [0.15, 0.2) is 30.3 Å². The highest BCUT2D eigenvalue weighted by Gasteiger charge is 2.15. The van der Waals surface area contributed by atoms with Gasteiger partial charge in [0.2, 0.25) is 0 Å². The fourth-order valence-electron chi connectivity index (χ4n) is 1.46. The van der Waals surface area contributed by atoms with Gasteiger partial charge in [0.15, 0.2) is 11.6 Å². The minimum Gasteiger partial charge on any atom is -0.494 e. The maximum Gasteiger partial charge on any atom is 0.165 e. The van der Waals surface area contributed by atoms with E-state index in [4.69, 9.17) is 27.9 Å². The molecule has 1 heterocycles. The lowest BCUT2D eigenvalue weighted by atomic mass is 10.1. The van der Waals surface area contributed by atoms with Gasteiger partial charge in [-0.25, -0.2) is 4.39 Å². The van der Waals surface area contributed by atoms with Gasteiger partial charge in [-0.3, -0.25) is 0 Å². The van der Waals surface area contributed by atoms with Crippen molar-refractivity contribution in [2.75, 3.05) is 7.11 Å². The maximum absolute atomic E-state index is 13.3. The Labute approximate surface area is 113 Å². The van der Waals surface area contributed by atoms with Crippen molar-refractivity contribution in [3.63, 3.8) is 0 Å². The molecule has 1 atom stereocenters. The number of rotatable bonds is 3. The third-order valence-corrected chi connectivity index (χ3v) is 4.22. The monoisotopic (exact) mass is 290 g/mol. The van der Waals surface area contributed by atoms with E-state index in [-0.39, 0.29) is 11.1 Å². The number of alkyl halides is 1. The molecule has 5 heteroatoms. The van der Waals surface area contributed by atoms with E-state index in [2.05, 4.69) is 0 Å². The van der Waals surface area contributed by atoms with Crippen molar-refractivity contribution >= 4 is 34.5 Å². The molecule has 1 aromatic carbocycles. The van der Waals surface area contributed by atoms with Crippen LogP contribution in [0.5, 0.6) is 5.75 Å². The van der Waals surface area contributed by atoms with E-state index in [0.29, 0.717) is 4.34 Å². The molecule has 0 bridgehead atoms. The van der Waals surface area contributed by atoms with Crippen LogP contribution in [0.4, 0.5) is 4.39 Å². The molecule has 1 nitrogen and oxygen atoms in total. The van der Waals surface area contributed by atoms with E-state index >= 15 is 0 Å². The Morgan fingerprint density at radius 3 is 2.65 bits per heavy atom. The Hall–Kier alpha value is -0.770. The standard InChI is InChI=1S/C12H9Cl2FOS/c1-16-9-6-7(2-3-8(9)15)12(14)10-4-5-11(13)17-10/h2-6,12H,1H3. The van der Waals surface area contributed by atoms with Crippen molar-refractivity contribution in [2.24, 2.45) is 0 Å². The second kappa shape index (κ2) is 5.25. The SMILES string of the molecule is COc1cc(C(Cl)c2ccc(Cl)s2)ccc1F. The molecule has 0 radical (unpaired) electrons. The lowest BCUT2D eigenvalue weighted by Gasteiger charge is -2.10. The molecule has 0 fully saturated rings. The summed E-state index contributed by atoms with van der Waals surface area (Å²) in [7, 11) is 1.42. The molecule has 0 aliphatic carbocycles. The summed E-state index contributed by atoms with van der Waals surface area (Å²) < 4.78 is 18.9. The highest BCUT2D eigenvalue weighted by Crippen LogP contribution is 2.36. The van der Waals surface area contributed by atoms with E-state index in [0.717, 1.165) is 10.4 Å². The van der Waals surface area contributed by atoms with E-state index in [1.165, 1.54) is 24.5 Å². The zero-order valence-corrected chi connectivity index (χ0v) is 11.2. The summed E-state index contributed by atoms with van der Waals surface area (Å²) in [6.45, 7) is 0. The smallest absolute Gasteiger partial charge is 0.165 e. The van der Waals surface area contributed by atoms with E-state index in [9.17, 15) is 4.39 Å². The Morgan fingerprint density at radius 1 is 1.29 bits per heavy atom. The Bertz CT molecular complexity index is 527. The van der Waals surface area contributed by atoms with Gasteiger partial charge in [-0.1, -0.05) is 17.7 Å². The molecule has 0 spiro atoms. The van der Waals surface area contributed by atoms with E-state index < -0.39 is 5.82 Å². The number of ether oxygens (including phenoxy) is 1. The summed E-state index contributed by atoms with van der Waals surface area (Å²) in [6, 6.07) is 8.24. The molecule has 0 saturated carbocycles. The summed E-state index contributed by atoms with van der Waals surface area (Å²) >= 11 is 13.6. The average Bonchev–Trinajstić information content (AvgIpc) is 2.75. The van der Waals surface area contributed by atoms with Crippen LogP contribution in [0.2, 0.25) is 4.34 Å². The van der Waals surface area contributed by atoms with Crippen molar-refractivity contribution in [1.29, 1.82) is 0 Å². The molecule has 0 aliphatic rings. The van der Waals surface area contributed by atoms with Crippen molar-refractivity contribution in [1.82, 2.24) is 0 Å². The number of hydrogen-bond acceptors (Lipinski definition) is 2. The van der Waals surface area contributed by atoms with Crippen LogP contribution in [-0.4, -0.2) is 7.11 Å². The molecule has 2 rings (SSSR count). The minimum atomic E-state index is -0.399. The van der Waals surface area contributed by atoms with Crippen LogP contribution in [0, 0.1) is 5.82 Å². The van der Waals surface area contributed by atoms with Crippen LogP contribution in [0.1, 0.15) is 15.8 Å². The Morgan fingerprint density at radius 2 is 2.06 bits per heavy atom. The summed E-state index contributed by atoms with van der Waals surface area (Å²) in [5.74, 6) is -0.208. The van der Waals surface area contributed by atoms with Crippen molar-refractivity contribution in [3.05, 3.63) is 50.9 Å². The first-order valence-electron chi connectivity index (χ1n) is 4.84. The molecule has 1 aromatic heterocycles.